The van der Waals surface area contributed by atoms with E-state index in [1.165, 1.54) is 7.11 Å². The Labute approximate surface area is 118 Å². The molecular weight excluding hydrogens is 285 g/mol. The zero-order valence-electron chi connectivity index (χ0n) is 11.0. The molecule has 21 heavy (non-hydrogen) atoms. The molecule has 0 bridgehead atoms. The topological polar surface area (TPSA) is 72.2 Å². The lowest BCUT2D eigenvalue weighted by Gasteiger charge is -2.14. The summed E-state index contributed by atoms with van der Waals surface area (Å²) < 4.78 is 43.6. The van der Waals surface area contributed by atoms with Crippen LogP contribution in [0.4, 0.5) is 30.5 Å². The Balaban J connectivity index is 2.39. The zero-order valence-corrected chi connectivity index (χ0v) is 11.0. The third-order valence-electron chi connectivity index (χ3n) is 2.67. The van der Waals surface area contributed by atoms with Crippen LogP contribution in [0.15, 0.2) is 36.4 Å². The second-order valence-corrected chi connectivity index (χ2v) is 4.09. The van der Waals surface area contributed by atoms with Crippen molar-refractivity contribution in [3.05, 3.63) is 42.0 Å². The average molecular weight is 298 g/mol. The molecule has 0 radical (unpaired) electrons. The number of pyridine rings is 1. The largest absolute Gasteiger partial charge is 0.495 e. The maximum Gasteiger partial charge on any atom is 0.416 e. The van der Waals surface area contributed by atoms with Crippen LogP contribution in [-0.2, 0) is 6.18 Å². The minimum Gasteiger partial charge on any atom is -0.495 e. The van der Waals surface area contributed by atoms with Crippen molar-refractivity contribution in [1.82, 2.24) is 4.98 Å². The van der Waals surface area contributed by atoms with Gasteiger partial charge in [0.25, 0.3) is 0 Å². The van der Waals surface area contributed by atoms with Gasteiger partial charge in [-0.3, -0.25) is 0 Å². The number of nitrogen functional groups attached to an aromatic ring is 1. The first kappa shape index (κ1) is 14.9. The molecule has 4 N–H and O–H groups in total. The molecule has 5 nitrogen and oxygen atoms in total. The molecule has 1 aromatic heterocycles. The number of halogens is 3. The Bertz CT molecular complexity index is 631. The first-order valence-corrected chi connectivity index (χ1v) is 5.90. The predicted octanol–water partition coefficient (Wildman–Crippen LogP) is 3.14. The molecule has 0 atom stereocenters. The number of alkyl halides is 3. The summed E-state index contributed by atoms with van der Waals surface area (Å²) in [6, 6.07) is 8.53. The van der Waals surface area contributed by atoms with Gasteiger partial charge in [-0.2, -0.15) is 13.2 Å². The van der Waals surface area contributed by atoms with E-state index in [4.69, 9.17) is 10.6 Å². The van der Waals surface area contributed by atoms with Gasteiger partial charge in [0.1, 0.15) is 17.4 Å². The number of anilines is 3. The number of ether oxygens (including phenoxy) is 1. The van der Waals surface area contributed by atoms with Gasteiger partial charge >= 0.3 is 6.18 Å². The second kappa shape index (κ2) is 5.88. The van der Waals surface area contributed by atoms with Gasteiger partial charge in [-0.25, -0.2) is 10.8 Å². The van der Waals surface area contributed by atoms with E-state index in [1.807, 2.05) is 0 Å². The van der Waals surface area contributed by atoms with E-state index in [-0.39, 0.29) is 11.6 Å². The van der Waals surface area contributed by atoms with Crippen LogP contribution >= 0.6 is 0 Å². The van der Waals surface area contributed by atoms with E-state index in [2.05, 4.69) is 15.7 Å². The van der Waals surface area contributed by atoms with Gasteiger partial charge in [0.15, 0.2) is 0 Å². The third-order valence-corrected chi connectivity index (χ3v) is 2.67. The Morgan fingerprint density at radius 1 is 1.14 bits per heavy atom. The molecule has 0 saturated heterocycles. The minimum atomic E-state index is -4.49. The van der Waals surface area contributed by atoms with Gasteiger partial charge < -0.3 is 15.5 Å². The maximum atomic E-state index is 12.8. The summed E-state index contributed by atoms with van der Waals surface area (Å²) >= 11 is 0. The maximum absolute atomic E-state index is 12.8. The van der Waals surface area contributed by atoms with E-state index in [1.54, 1.807) is 24.3 Å². The quantitative estimate of drug-likeness (QED) is 0.597. The fourth-order valence-electron chi connectivity index (χ4n) is 1.72. The SMILES string of the molecule is COc1ccccc1Nc1cc(C(F)(F)F)cc(NN)n1. The van der Waals surface area contributed by atoms with Crippen LogP contribution in [0.2, 0.25) is 0 Å². The molecule has 8 heteroatoms. The van der Waals surface area contributed by atoms with Crippen molar-refractivity contribution in [2.75, 3.05) is 17.9 Å². The van der Waals surface area contributed by atoms with Crippen molar-refractivity contribution in [2.45, 2.75) is 6.18 Å². The van der Waals surface area contributed by atoms with Crippen LogP contribution in [0, 0.1) is 0 Å². The Hall–Kier alpha value is -2.48. The molecule has 0 aliphatic heterocycles. The van der Waals surface area contributed by atoms with Crippen LogP contribution < -0.4 is 21.3 Å². The van der Waals surface area contributed by atoms with Crippen LogP contribution in [0.5, 0.6) is 5.75 Å². The van der Waals surface area contributed by atoms with Gasteiger partial charge in [-0.05, 0) is 24.3 Å². The number of hydrazine groups is 1. The van der Waals surface area contributed by atoms with Crippen LogP contribution in [0.1, 0.15) is 5.56 Å². The summed E-state index contributed by atoms with van der Waals surface area (Å²) in [4.78, 5) is 3.93. The number of para-hydroxylation sites is 2. The summed E-state index contributed by atoms with van der Waals surface area (Å²) in [5, 5.41) is 2.78. The number of benzene rings is 1. The van der Waals surface area contributed by atoms with Crippen molar-refractivity contribution >= 4 is 17.3 Å². The summed E-state index contributed by atoms with van der Waals surface area (Å²) in [6.07, 6.45) is -4.49. The van der Waals surface area contributed by atoms with Crippen molar-refractivity contribution in [2.24, 2.45) is 5.84 Å². The normalized spacial score (nSPS) is 11.1. The van der Waals surface area contributed by atoms with Crippen molar-refractivity contribution in [3.63, 3.8) is 0 Å². The summed E-state index contributed by atoms with van der Waals surface area (Å²) in [6.45, 7) is 0. The fraction of sp³-hybridized carbons (Fsp3) is 0.154. The highest BCUT2D eigenvalue weighted by molar-refractivity contribution is 5.65. The molecule has 0 saturated carbocycles. The monoisotopic (exact) mass is 298 g/mol. The summed E-state index contributed by atoms with van der Waals surface area (Å²) in [5.41, 5.74) is 1.75. The highest BCUT2D eigenvalue weighted by Crippen LogP contribution is 2.33. The fourth-order valence-corrected chi connectivity index (χ4v) is 1.72. The number of methoxy groups -OCH3 is 1. The molecule has 2 aromatic rings. The number of hydrogen-bond donors (Lipinski definition) is 3. The van der Waals surface area contributed by atoms with Gasteiger partial charge in [-0.15, -0.1) is 0 Å². The zero-order chi connectivity index (χ0) is 15.5. The molecule has 0 aliphatic rings. The molecule has 0 unspecified atom stereocenters. The highest BCUT2D eigenvalue weighted by atomic mass is 19.4. The lowest BCUT2D eigenvalue weighted by atomic mass is 10.2. The molecule has 0 fully saturated rings. The molecule has 0 spiro atoms. The summed E-state index contributed by atoms with van der Waals surface area (Å²) in [7, 11) is 1.47. The standard InChI is InChI=1S/C13H13F3N4O/c1-21-10-5-3-2-4-9(10)18-11-6-8(13(14,15)16)7-12(19-11)20-17/h2-7H,17H2,1H3,(H2,18,19,20). The lowest BCUT2D eigenvalue weighted by Crippen LogP contribution is -2.13. The number of hydrogen-bond acceptors (Lipinski definition) is 5. The van der Waals surface area contributed by atoms with Gasteiger partial charge in [-0.1, -0.05) is 12.1 Å². The highest BCUT2D eigenvalue weighted by Gasteiger charge is 2.31. The van der Waals surface area contributed by atoms with E-state index in [0.717, 1.165) is 12.1 Å². The molecule has 1 aromatic carbocycles. The van der Waals surface area contributed by atoms with Crippen LogP contribution in [-0.4, -0.2) is 12.1 Å². The summed E-state index contributed by atoms with van der Waals surface area (Å²) in [5.74, 6) is 5.54. The van der Waals surface area contributed by atoms with E-state index < -0.39 is 11.7 Å². The minimum absolute atomic E-state index is 0.00211. The Morgan fingerprint density at radius 2 is 1.81 bits per heavy atom. The molecule has 0 amide bonds. The number of nitrogens with two attached hydrogens (primary N) is 1. The van der Waals surface area contributed by atoms with Crippen LogP contribution in [0.25, 0.3) is 0 Å². The van der Waals surface area contributed by atoms with Gasteiger partial charge in [0.05, 0.1) is 18.4 Å². The second-order valence-electron chi connectivity index (χ2n) is 4.09. The number of nitrogens with zero attached hydrogens (tertiary/aromatic N) is 1. The molecular formula is C13H13F3N4O. The average Bonchev–Trinajstić information content (AvgIpc) is 2.46. The molecule has 1 heterocycles. The van der Waals surface area contributed by atoms with Crippen LogP contribution in [0.3, 0.4) is 0 Å². The lowest BCUT2D eigenvalue weighted by molar-refractivity contribution is -0.137. The molecule has 112 valence electrons. The van der Waals surface area contributed by atoms with E-state index >= 15 is 0 Å². The van der Waals surface area contributed by atoms with E-state index in [0.29, 0.717) is 11.4 Å². The Morgan fingerprint density at radius 3 is 2.43 bits per heavy atom. The molecule has 2 rings (SSSR count). The molecule has 0 aliphatic carbocycles. The third kappa shape index (κ3) is 3.54. The van der Waals surface area contributed by atoms with E-state index in [9.17, 15) is 13.2 Å². The van der Waals surface area contributed by atoms with Crippen molar-refractivity contribution < 1.29 is 17.9 Å². The van der Waals surface area contributed by atoms with Gasteiger partial charge in [0.2, 0.25) is 0 Å². The smallest absolute Gasteiger partial charge is 0.416 e. The predicted molar refractivity (Wildman–Crippen MR) is 73.3 cm³/mol. The van der Waals surface area contributed by atoms with Crippen molar-refractivity contribution in [1.29, 1.82) is 0 Å². The number of rotatable bonds is 4. The first-order chi connectivity index (χ1) is 9.94. The van der Waals surface area contributed by atoms with Crippen molar-refractivity contribution in [3.8, 4) is 5.75 Å². The number of aromatic nitrogens is 1. The first-order valence-electron chi connectivity index (χ1n) is 5.90. The number of nitrogens with one attached hydrogen (secondary N) is 2. The van der Waals surface area contributed by atoms with Gasteiger partial charge in [0, 0.05) is 0 Å². The Kier molecular flexibility index (Phi) is 4.18.